The maximum Gasteiger partial charge on any atom is 0.407 e. The summed E-state index contributed by atoms with van der Waals surface area (Å²) in [6, 6.07) is 11.6. The van der Waals surface area contributed by atoms with E-state index in [9.17, 15) is 14.7 Å². The SMILES string of the molecule is CC(C)(C)CC(=O)c1ccc2n1-c1ccccc1OC21CCN(C(=O)O)CC1. The molecule has 1 saturated heterocycles. The minimum Gasteiger partial charge on any atom is -0.479 e. The Morgan fingerprint density at radius 2 is 1.79 bits per heavy atom. The first-order valence-electron chi connectivity index (χ1n) is 9.72. The Labute approximate surface area is 164 Å². The van der Waals surface area contributed by atoms with Gasteiger partial charge in [0.15, 0.2) is 11.4 Å². The van der Waals surface area contributed by atoms with Gasteiger partial charge in [-0.1, -0.05) is 32.9 Å². The minimum absolute atomic E-state index is 0.100. The molecule has 0 bridgehead atoms. The van der Waals surface area contributed by atoms with Gasteiger partial charge >= 0.3 is 6.09 Å². The number of para-hydroxylation sites is 2. The number of hydrogen-bond acceptors (Lipinski definition) is 3. The zero-order valence-electron chi connectivity index (χ0n) is 16.6. The highest BCUT2D eigenvalue weighted by Gasteiger charge is 2.45. The zero-order valence-corrected chi connectivity index (χ0v) is 16.6. The van der Waals surface area contributed by atoms with E-state index in [1.165, 1.54) is 4.90 Å². The smallest absolute Gasteiger partial charge is 0.407 e. The number of ether oxygens (including phenoxy) is 1. The van der Waals surface area contributed by atoms with E-state index >= 15 is 0 Å². The number of piperidine rings is 1. The quantitative estimate of drug-likeness (QED) is 0.779. The van der Waals surface area contributed by atoms with Crippen molar-refractivity contribution in [1.82, 2.24) is 9.47 Å². The Balaban J connectivity index is 1.79. The molecule has 6 heteroatoms. The van der Waals surface area contributed by atoms with Crippen molar-refractivity contribution in [2.24, 2.45) is 5.41 Å². The molecule has 3 heterocycles. The van der Waals surface area contributed by atoms with Gasteiger partial charge in [-0.25, -0.2) is 4.79 Å². The molecule has 0 unspecified atom stereocenters. The molecule has 28 heavy (non-hydrogen) atoms. The summed E-state index contributed by atoms with van der Waals surface area (Å²) in [4.78, 5) is 25.8. The van der Waals surface area contributed by atoms with E-state index in [0.717, 1.165) is 17.1 Å². The summed E-state index contributed by atoms with van der Waals surface area (Å²) in [5.41, 5.74) is 1.76. The Morgan fingerprint density at radius 3 is 2.43 bits per heavy atom. The first-order chi connectivity index (χ1) is 13.2. The molecule has 1 amide bonds. The van der Waals surface area contributed by atoms with Crippen molar-refractivity contribution >= 4 is 11.9 Å². The lowest BCUT2D eigenvalue weighted by molar-refractivity contribution is -0.00905. The lowest BCUT2D eigenvalue weighted by Gasteiger charge is -2.44. The summed E-state index contributed by atoms with van der Waals surface area (Å²) in [5.74, 6) is 0.841. The summed E-state index contributed by atoms with van der Waals surface area (Å²) in [6.45, 7) is 7.00. The van der Waals surface area contributed by atoms with E-state index in [1.54, 1.807) is 0 Å². The fraction of sp³-hybridized carbons (Fsp3) is 0.455. The molecule has 4 rings (SSSR count). The van der Waals surface area contributed by atoms with E-state index in [2.05, 4.69) is 20.8 Å². The topological polar surface area (TPSA) is 71.8 Å². The Bertz CT molecular complexity index is 930. The van der Waals surface area contributed by atoms with Crippen LogP contribution in [0.15, 0.2) is 36.4 Å². The van der Waals surface area contributed by atoms with Gasteiger partial charge in [-0.2, -0.15) is 0 Å². The highest BCUT2D eigenvalue weighted by molar-refractivity contribution is 5.96. The third-order valence-electron chi connectivity index (χ3n) is 5.58. The summed E-state index contributed by atoms with van der Waals surface area (Å²) in [5, 5.41) is 9.30. The lowest BCUT2D eigenvalue weighted by atomic mass is 9.86. The van der Waals surface area contributed by atoms with Crippen LogP contribution in [0.25, 0.3) is 5.69 Å². The second-order valence-electron chi connectivity index (χ2n) is 8.93. The second-order valence-corrected chi connectivity index (χ2v) is 8.93. The minimum atomic E-state index is -0.900. The Morgan fingerprint density at radius 1 is 1.11 bits per heavy atom. The summed E-state index contributed by atoms with van der Waals surface area (Å²) in [7, 11) is 0. The van der Waals surface area contributed by atoms with Crippen molar-refractivity contribution in [1.29, 1.82) is 0 Å². The number of carbonyl (C=O) groups is 2. The van der Waals surface area contributed by atoms with Gasteiger partial charge in [-0.05, 0) is 29.7 Å². The first kappa shape index (κ1) is 18.6. The van der Waals surface area contributed by atoms with Crippen LogP contribution < -0.4 is 4.74 Å². The molecule has 2 aliphatic rings. The monoisotopic (exact) mass is 382 g/mol. The Kier molecular flexibility index (Phi) is 4.25. The van der Waals surface area contributed by atoms with Gasteiger partial charge in [0.2, 0.25) is 0 Å². The van der Waals surface area contributed by atoms with Gasteiger partial charge < -0.3 is 19.3 Å². The molecule has 1 N–H and O–H groups in total. The number of hydrogen-bond donors (Lipinski definition) is 1. The van der Waals surface area contributed by atoms with Crippen LogP contribution in [-0.2, 0) is 5.60 Å². The number of amides is 1. The van der Waals surface area contributed by atoms with Crippen molar-refractivity contribution < 1.29 is 19.4 Å². The standard InChI is InChI=1S/C22H26N2O4/c1-21(2,3)14-17(25)15-8-9-19-22(10-12-23(13-11-22)20(26)27)28-18-7-5-4-6-16(18)24(15)19/h4-9H,10-14H2,1-3H3,(H,26,27). The number of Topliss-reactive ketones (excluding diaryl/α,β-unsaturated/α-hetero) is 1. The van der Waals surface area contributed by atoms with Crippen LogP contribution in [0.2, 0.25) is 0 Å². The van der Waals surface area contributed by atoms with Crippen molar-refractivity contribution in [3.8, 4) is 11.4 Å². The summed E-state index contributed by atoms with van der Waals surface area (Å²) < 4.78 is 8.49. The Hall–Kier alpha value is -2.76. The third-order valence-corrected chi connectivity index (χ3v) is 5.58. The number of ketones is 1. The van der Waals surface area contributed by atoms with E-state index < -0.39 is 11.7 Å². The molecular formula is C22H26N2O4. The molecule has 1 spiro atoms. The molecule has 0 atom stereocenters. The molecule has 2 aromatic rings. The molecule has 1 aromatic carbocycles. The number of carboxylic acid groups (broad SMARTS) is 1. The molecule has 0 saturated carbocycles. The molecule has 1 fully saturated rings. The highest BCUT2D eigenvalue weighted by Crippen LogP contribution is 2.46. The molecule has 0 aliphatic carbocycles. The fourth-order valence-corrected chi connectivity index (χ4v) is 4.25. The van der Waals surface area contributed by atoms with Crippen molar-refractivity contribution in [2.45, 2.75) is 45.6 Å². The van der Waals surface area contributed by atoms with E-state index in [0.29, 0.717) is 38.0 Å². The second kappa shape index (κ2) is 6.40. The number of carbonyl (C=O) groups excluding carboxylic acids is 1. The molecule has 1 aromatic heterocycles. The van der Waals surface area contributed by atoms with Crippen LogP contribution in [0.3, 0.4) is 0 Å². The summed E-state index contributed by atoms with van der Waals surface area (Å²) >= 11 is 0. The van der Waals surface area contributed by atoms with Crippen LogP contribution >= 0.6 is 0 Å². The zero-order chi connectivity index (χ0) is 20.1. The van der Waals surface area contributed by atoms with Crippen molar-refractivity contribution in [3.05, 3.63) is 47.8 Å². The third kappa shape index (κ3) is 3.07. The summed E-state index contributed by atoms with van der Waals surface area (Å²) in [6.07, 6.45) is 0.677. The van der Waals surface area contributed by atoms with Crippen LogP contribution in [0.5, 0.6) is 5.75 Å². The largest absolute Gasteiger partial charge is 0.479 e. The van der Waals surface area contributed by atoms with E-state index in [1.807, 2.05) is 41.0 Å². The van der Waals surface area contributed by atoms with Crippen LogP contribution in [0, 0.1) is 5.41 Å². The highest BCUT2D eigenvalue weighted by atomic mass is 16.5. The van der Waals surface area contributed by atoms with Crippen LogP contribution in [0.4, 0.5) is 4.79 Å². The van der Waals surface area contributed by atoms with Crippen LogP contribution in [-0.4, -0.2) is 39.5 Å². The average molecular weight is 382 g/mol. The van der Waals surface area contributed by atoms with Gasteiger partial charge in [0.1, 0.15) is 5.75 Å². The fourth-order valence-electron chi connectivity index (χ4n) is 4.25. The molecule has 148 valence electrons. The number of nitrogens with zero attached hydrogens (tertiary/aromatic N) is 2. The number of fused-ring (bicyclic) bond motifs is 4. The predicted octanol–water partition coefficient (Wildman–Crippen LogP) is 4.46. The van der Waals surface area contributed by atoms with E-state index in [4.69, 9.17) is 4.74 Å². The molecule has 0 radical (unpaired) electrons. The number of rotatable bonds is 2. The number of benzene rings is 1. The molecule has 6 nitrogen and oxygen atoms in total. The number of likely N-dealkylation sites (tertiary alicyclic amines) is 1. The first-order valence-corrected chi connectivity index (χ1v) is 9.72. The molecule has 2 aliphatic heterocycles. The van der Waals surface area contributed by atoms with Gasteiger partial charge in [0.25, 0.3) is 0 Å². The van der Waals surface area contributed by atoms with Crippen molar-refractivity contribution in [2.75, 3.05) is 13.1 Å². The maximum atomic E-state index is 13.1. The van der Waals surface area contributed by atoms with Gasteiger partial charge in [0.05, 0.1) is 17.1 Å². The van der Waals surface area contributed by atoms with Gasteiger partial charge in [-0.15, -0.1) is 0 Å². The van der Waals surface area contributed by atoms with Gasteiger partial charge in [0, 0.05) is 32.4 Å². The van der Waals surface area contributed by atoms with E-state index in [-0.39, 0.29) is 11.2 Å². The predicted molar refractivity (Wildman–Crippen MR) is 105 cm³/mol. The van der Waals surface area contributed by atoms with Gasteiger partial charge in [-0.3, -0.25) is 4.79 Å². The maximum absolute atomic E-state index is 13.1. The van der Waals surface area contributed by atoms with Crippen molar-refractivity contribution in [3.63, 3.8) is 0 Å². The normalized spacial score (nSPS) is 17.6. The average Bonchev–Trinajstić information content (AvgIpc) is 3.07. The number of aromatic nitrogens is 1. The van der Waals surface area contributed by atoms with Crippen LogP contribution in [0.1, 0.15) is 56.2 Å². The lowest BCUT2D eigenvalue weighted by Crippen LogP contribution is -2.49. The molecular weight excluding hydrogens is 356 g/mol.